The summed E-state index contributed by atoms with van der Waals surface area (Å²) in [5, 5.41) is 0. The number of carbonyl (C=O) groups excluding carboxylic acids is 2. The van der Waals surface area contributed by atoms with Gasteiger partial charge in [-0.3, -0.25) is 4.79 Å². The van der Waals surface area contributed by atoms with Crippen LogP contribution in [0.4, 0.5) is 0 Å². The second-order valence-corrected chi connectivity index (χ2v) is 1.30. The van der Waals surface area contributed by atoms with Crippen LogP contribution in [-0.2, 0) is 9.59 Å². The van der Waals surface area contributed by atoms with Gasteiger partial charge in [-0.25, -0.2) is 0 Å². The molecule has 3 heteroatoms. The number of amides is 1. The Bertz CT molecular complexity index is 61.4. The molecule has 0 aliphatic rings. The minimum absolute atomic E-state index is 0.750. The molecule has 0 atom stereocenters. The molecule has 1 amide bonds. The van der Waals surface area contributed by atoms with E-state index < -0.39 is 0 Å². The summed E-state index contributed by atoms with van der Waals surface area (Å²) in [6, 6.07) is 0. The first-order valence-corrected chi connectivity index (χ1v) is 2.20. The Labute approximate surface area is 49.3 Å². The quantitative estimate of drug-likeness (QED) is 0.450. The Morgan fingerprint density at radius 1 is 1.25 bits per heavy atom. The summed E-state index contributed by atoms with van der Waals surface area (Å²) in [4.78, 5) is 19.7. The lowest BCUT2D eigenvalue weighted by atomic mass is 11.0. The molecule has 0 aromatic rings. The maximum Gasteiger partial charge on any atom is 0.209 e. The van der Waals surface area contributed by atoms with Crippen LogP contribution in [0.2, 0.25) is 0 Å². The van der Waals surface area contributed by atoms with E-state index in [1.807, 2.05) is 0 Å². The van der Waals surface area contributed by atoms with Crippen molar-refractivity contribution < 1.29 is 9.59 Å². The summed E-state index contributed by atoms with van der Waals surface area (Å²) in [5.74, 6) is 0. The number of carbonyl (C=O) groups is 2. The van der Waals surface area contributed by atoms with E-state index in [9.17, 15) is 4.79 Å². The van der Waals surface area contributed by atoms with E-state index in [0.29, 0.717) is 0 Å². The van der Waals surface area contributed by atoms with Crippen LogP contribution in [0.15, 0.2) is 0 Å². The maximum absolute atomic E-state index is 9.43. The van der Waals surface area contributed by atoms with Gasteiger partial charge in [0.1, 0.15) is 6.29 Å². The minimum atomic E-state index is 0.750. The highest BCUT2D eigenvalue weighted by molar-refractivity contribution is 5.45. The summed E-state index contributed by atoms with van der Waals surface area (Å²) < 4.78 is 0. The van der Waals surface area contributed by atoms with E-state index in [4.69, 9.17) is 4.79 Å². The molecular weight excluding hydrogens is 106 g/mol. The first kappa shape index (κ1) is 10.2. The van der Waals surface area contributed by atoms with Gasteiger partial charge in [0.2, 0.25) is 6.41 Å². The normalized spacial score (nSPS) is 5.88. The molecule has 0 aliphatic heterocycles. The van der Waals surface area contributed by atoms with Crippen LogP contribution < -0.4 is 0 Å². The van der Waals surface area contributed by atoms with Crippen LogP contribution in [0.3, 0.4) is 0 Å². The first-order valence-electron chi connectivity index (χ1n) is 2.20. The summed E-state index contributed by atoms with van der Waals surface area (Å²) >= 11 is 0. The fraction of sp³-hybridized carbons (Fsp3) is 0.600. The molecule has 0 saturated carbocycles. The molecule has 0 heterocycles. The molecular formula is C5H11NO2. The van der Waals surface area contributed by atoms with E-state index in [0.717, 1.165) is 12.7 Å². The second-order valence-electron chi connectivity index (χ2n) is 1.30. The standard InChI is InChI=1S/C3H7NO.C2H4O/c1-4(2)3-5;1-2-3/h3H,1-2H3;2H,1H3. The van der Waals surface area contributed by atoms with Gasteiger partial charge in [-0.2, -0.15) is 0 Å². The van der Waals surface area contributed by atoms with Gasteiger partial charge in [0.05, 0.1) is 0 Å². The minimum Gasteiger partial charge on any atom is -0.351 e. The molecule has 0 rings (SSSR count). The Kier molecular flexibility index (Phi) is 12.1. The third kappa shape index (κ3) is 67.8. The molecule has 0 aliphatic carbocycles. The van der Waals surface area contributed by atoms with Gasteiger partial charge in [-0.15, -0.1) is 0 Å². The molecule has 0 saturated heterocycles. The average Bonchev–Trinajstić information content (AvgIpc) is 1.69. The summed E-state index contributed by atoms with van der Waals surface area (Å²) in [6.45, 7) is 1.44. The van der Waals surface area contributed by atoms with Crippen molar-refractivity contribution in [3.8, 4) is 0 Å². The molecule has 0 aromatic heterocycles. The number of hydrogen-bond donors (Lipinski definition) is 0. The van der Waals surface area contributed by atoms with Crippen molar-refractivity contribution >= 4 is 12.7 Å². The van der Waals surface area contributed by atoms with Gasteiger partial charge < -0.3 is 9.69 Å². The van der Waals surface area contributed by atoms with Crippen molar-refractivity contribution in [2.45, 2.75) is 6.92 Å². The van der Waals surface area contributed by atoms with Gasteiger partial charge in [-0.1, -0.05) is 0 Å². The smallest absolute Gasteiger partial charge is 0.209 e. The molecule has 0 N–H and O–H groups in total. The zero-order valence-corrected chi connectivity index (χ0v) is 5.42. The van der Waals surface area contributed by atoms with Gasteiger partial charge in [0.25, 0.3) is 0 Å². The molecule has 48 valence electrons. The van der Waals surface area contributed by atoms with Crippen LogP contribution in [-0.4, -0.2) is 31.7 Å². The molecule has 0 radical (unpaired) electrons. The fourth-order valence-corrected chi connectivity index (χ4v) is 0. The van der Waals surface area contributed by atoms with Crippen molar-refractivity contribution in [3.63, 3.8) is 0 Å². The molecule has 3 nitrogen and oxygen atoms in total. The monoisotopic (exact) mass is 117 g/mol. The van der Waals surface area contributed by atoms with Crippen LogP contribution in [0.25, 0.3) is 0 Å². The highest BCUT2D eigenvalue weighted by atomic mass is 16.1. The second kappa shape index (κ2) is 9.46. The Hall–Kier alpha value is -0.860. The molecule has 0 aromatic carbocycles. The van der Waals surface area contributed by atoms with E-state index in [2.05, 4.69) is 0 Å². The van der Waals surface area contributed by atoms with Crippen LogP contribution in [0.5, 0.6) is 0 Å². The fourth-order valence-electron chi connectivity index (χ4n) is 0. The maximum atomic E-state index is 9.43. The zero-order chi connectivity index (χ0) is 6.99. The number of aldehydes is 1. The number of nitrogens with zero attached hydrogens (tertiary/aromatic N) is 1. The van der Waals surface area contributed by atoms with E-state index >= 15 is 0 Å². The molecule has 0 unspecified atom stereocenters. The van der Waals surface area contributed by atoms with E-state index in [1.165, 1.54) is 11.8 Å². The molecule has 0 spiro atoms. The van der Waals surface area contributed by atoms with Gasteiger partial charge >= 0.3 is 0 Å². The summed E-state index contributed by atoms with van der Waals surface area (Å²) in [5.41, 5.74) is 0. The van der Waals surface area contributed by atoms with Gasteiger partial charge in [0, 0.05) is 14.1 Å². The molecule has 0 fully saturated rings. The lowest BCUT2D eigenvalue weighted by molar-refractivity contribution is -0.116. The lowest BCUT2D eigenvalue weighted by Gasteiger charge is -1.93. The first-order chi connectivity index (χ1) is 3.68. The molecule has 8 heavy (non-hydrogen) atoms. The van der Waals surface area contributed by atoms with Crippen molar-refractivity contribution in [2.75, 3.05) is 14.1 Å². The molecule has 0 bridgehead atoms. The number of rotatable bonds is 1. The third-order valence-electron chi connectivity index (χ3n) is 0.211. The Morgan fingerprint density at radius 2 is 1.38 bits per heavy atom. The summed E-state index contributed by atoms with van der Waals surface area (Å²) in [6.07, 6.45) is 1.50. The lowest BCUT2D eigenvalue weighted by Crippen LogP contribution is -2.06. The van der Waals surface area contributed by atoms with Crippen molar-refractivity contribution in [3.05, 3.63) is 0 Å². The predicted octanol–water partition coefficient (Wildman–Crippen LogP) is -0.0904. The highest BCUT2D eigenvalue weighted by Gasteiger charge is 1.68. The SMILES string of the molecule is CC=O.CN(C)C=O. The van der Waals surface area contributed by atoms with Crippen LogP contribution in [0.1, 0.15) is 6.92 Å². The van der Waals surface area contributed by atoms with Crippen LogP contribution >= 0.6 is 0 Å². The van der Waals surface area contributed by atoms with Gasteiger partial charge in [0.15, 0.2) is 0 Å². The van der Waals surface area contributed by atoms with E-state index in [-0.39, 0.29) is 0 Å². The van der Waals surface area contributed by atoms with Crippen molar-refractivity contribution in [1.82, 2.24) is 4.90 Å². The summed E-state index contributed by atoms with van der Waals surface area (Å²) in [7, 11) is 3.38. The highest BCUT2D eigenvalue weighted by Crippen LogP contribution is 1.52. The Morgan fingerprint density at radius 3 is 1.38 bits per heavy atom. The van der Waals surface area contributed by atoms with Crippen molar-refractivity contribution in [2.24, 2.45) is 0 Å². The largest absolute Gasteiger partial charge is 0.351 e. The van der Waals surface area contributed by atoms with E-state index in [1.54, 1.807) is 14.1 Å². The Balaban J connectivity index is 0. The predicted molar refractivity (Wildman–Crippen MR) is 31.5 cm³/mol. The van der Waals surface area contributed by atoms with Crippen LogP contribution in [0, 0.1) is 0 Å². The van der Waals surface area contributed by atoms with Crippen molar-refractivity contribution in [1.29, 1.82) is 0 Å². The average molecular weight is 117 g/mol. The topological polar surface area (TPSA) is 37.4 Å². The van der Waals surface area contributed by atoms with Gasteiger partial charge in [-0.05, 0) is 6.92 Å². The third-order valence-corrected chi connectivity index (χ3v) is 0.211. The zero-order valence-electron chi connectivity index (χ0n) is 5.42. The number of hydrogen-bond acceptors (Lipinski definition) is 2.